The molecule has 0 aliphatic carbocycles. The van der Waals surface area contributed by atoms with Gasteiger partial charge in [0, 0.05) is 31.6 Å². The minimum Gasteiger partial charge on any atom is -0.335 e. The van der Waals surface area contributed by atoms with Gasteiger partial charge in [0.05, 0.1) is 5.52 Å². The highest BCUT2D eigenvalue weighted by Crippen LogP contribution is 2.16. The van der Waals surface area contributed by atoms with E-state index in [-0.39, 0.29) is 11.6 Å². The Hall–Kier alpha value is -2.21. The molecule has 6 heteroatoms. The molecule has 1 aliphatic heterocycles. The molecule has 0 spiro atoms. The van der Waals surface area contributed by atoms with Crippen LogP contribution in [0.15, 0.2) is 29.1 Å². The molecule has 1 fully saturated rings. The predicted octanol–water partition coefficient (Wildman–Crippen LogP) is 1.48. The smallest absolute Gasteiger partial charge is 0.335 e. The van der Waals surface area contributed by atoms with E-state index in [4.69, 9.17) is 0 Å². The summed E-state index contributed by atoms with van der Waals surface area (Å²) in [6.07, 6.45) is 2.37. The lowest BCUT2D eigenvalue weighted by Gasteiger charge is -2.34. The highest BCUT2D eigenvalue weighted by atomic mass is 16.2. The number of amides is 1. The number of fused-ring (bicyclic) bond motifs is 1. The van der Waals surface area contributed by atoms with Crippen molar-refractivity contribution < 1.29 is 4.79 Å². The Labute approximate surface area is 135 Å². The van der Waals surface area contributed by atoms with Gasteiger partial charge in [0.15, 0.2) is 0 Å². The Bertz CT molecular complexity index is 748. The maximum Gasteiger partial charge on any atom is 0.346 e. The Kier molecular flexibility index (Phi) is 4.71. The van der Waals surface area contributed by atoms with Gasteiger partial charge in [0.25, 0.3) is 5.91 Å². The van der Waals surface area contributed by atoms with Crippen LogP contribution in [0.5, 0.6) is 0 Å². The molecule has 0 atom stereocenters. The molecule has 3 rings (SSSR count). The van der Waals surface area contributed by atoms with Crippen LogP contribution in [0.4, 0.5) is 0 Å². The second-order valence-corrected chi connectivity index (χ2v) is 5.92. The van der Waals surface area contributed by atoms with Crippen molar-refractivity contribution >= 4 is 16.8 Å². The number of para-hydroxylation sites is 1. The number of H-pyrrole nitrogens is 1. The van der Waals surface area contributed by atoms with Crippen molar-refractivity contribution in [3.05, 3.63) is 40.4 Å². The summed E-state index contributed by atoms with van der Waals surface area (Å²) >= 11 is 0. The maximum absolute atomic E-state index is 12.8. The van der Waals surface area contributed by atoms with E-state index in [9.17, 15) is 9.59 Å². The number of aromatic amines is 1. The fourth-order valence-electron chi connectivity index (χ4n) is 2.97. The number of rotatable bonds is 4. The standard InChI is InChI=1S/C17H22N4O2/c1-2-3-8-20-9-11-21(12-10-20)16(22)15-13-6-4-5-7-14(13)18-17(23)19-15/h4-7H,2-3,8-12H2,1H3,(H,18,19,23). The summed E-state index contributed by atoms with van der Waals surface area (Å²) in [7, 11) is 0. The fourth-order valence-corrected chi connectivity index (χ4v) is 2.97. The number of carbonyl (C=O) groups is 1. The van der Waals surface area contributed by atoms with Crippen molar-refractivity contribution in [2.45, 2.75) is 19.8 Å². The number of hydrogen-bond acceptors (Lipinski definition) is 4. The van der Waals surface area contributed by atoms with Gasteiger partial charge in [-0.05, 0) is 19.0 Å². The van der Waals surface area contributed by atoms with E-state index in [0.29, 0.717) is 24.0 Å². The van der Waals surface area contributed by atoms with Gasteiger partial charge in [-0.3, -0.25) is 9.69 Å². The summed E-state index contributed by atoms with van der Waals surface area (Å²) in [6, 6.07) is 7.29. The monoisotopic (exact) mass is 314 g/mol. The van der Waals surface area contributed by atoms with Crippen molar-refractivity contribution in [1.29, 1.82) is 0 Å². The highest BCUT2D eigenvalue weighted by Gasteiger charge is 2.24. The van der Waals surface area contributed by atoms with E-state index in [1.165, 1.54) is 12.8 Å². The maximum atomic E-state index is 12.8. The van der Waals surface area contributed by atoms with Crippen molar-refractivity contribution in [1.82, 2.24) is 19.8 Å². The topological polar surface area (TPSA) is 69.3 Å². The Morgan fingerprint density at radius 2 is 1.96 bits per heavy atom. The average Bonchev–Trinajstić information content (AvgIpc) is 2.59. The molecule has 0 saturated carbocycles. The number of unbranched alkanes of at least 4 members (excludes halogenated alkanes) is 1. The molecule has 1 saturated heterocycles. The summed E-state index contributed by atoms with van der Waals surface area (Å²) in [4.78, 5) is 35.3. The van der Waals surface area contributed by atoms with Crippen molar-refractivity contribution in [3.63, 3.8) is 0 Å². The first-order valence-electron chi connectivity index (χ1n) is 8.19. The third-order valence-corrected chi connectivity index (χ3v) is 4.33. The van der Waals surface area contributed by atoms with Crippen LogP contribution >= 0.6 is 0 Å². The summed E-state index contributed by atoms with van der Waals surface area (Å²) in [6.45, 7) is 6.41. The third-order valence-electron chi connectivity index (χ3n) is 4.33. The van der Waals surface area contributed by atoms with Crippen molar-refractivity contribution in [3.8, 4) is 0 Å². The molecule has 122 valence electrons. The first-order valence-corrected chi connectivity index (χ1v) is 8.19. The van der Waals surface area contributed by atoms with E-state index in [1.54, 1.807) is 11.0 Å². The van der Waals surface area contributed by atoms with Gasteiger partial charge in [0.1, 0.15) is 5.69 Å². The van der Waals surface area contributed by atoms with Gasteiger partial charge >= 0.3 is 5.69 Å². The first kappa shape index (κ1) is 15.7. The zero-order chi connectivity index (χ0) is 16.2. The van der Waals surface area contributed by atoms with Gasteiger partial charge in [-0.15, -0.1) is 0 Å². The fraction of sp³-hybridized carbons (Fsp3) is 0.471. The van der Waals surface area contributed by atoms with Crippen LogP contribution in [-0.4, -0.2) is 58.4 Å². The minimum atomic E-state index is -0.478. The predicted molar refractivity (Wildman–Crippen MR) is 89.6 cm³/mol. The van der Waals surface area contributed by atoms with E-state index in [0.717, 1.165) is 19.6 Å². The van der Waals surface area contributed by atoms with Crippen LogP contribution in [-0.2, 0) is 0 Å². The lowest BCUT2D eigenvalue weighted by molar-refractivity contribution is 0.0631. The molecule has 1 aromatic heterocycles. The summed E-state index contributed by atoms with van der Waals surface area (Å²) in [5.74, 6) is -0.151. The molecular weight excluding hydrogens is 292 g/mol. The molecule has 2 aromatic rings. The molecule has 1 aromatic carbocycles. The van der Waals surface area contributed by atoms with Crippen molar-refractivity contribution in [2.75, 3.05) is 32.7 Å². The van der Waals surface area contributed by atoms with Gasteiger partial charge in [-0.1, -0.05) is 31.5 Å². The molecule has 0 bridgehead atoms. The number of piperazine rings is 1. The summed E-state index contributed by atoms with van der Waals surface area (Å²) in [5.41, 5.74) is 0.428. The second kappa shape index (κ2) is 6.91. The van der Waals surface area contributed by atoms with Gasteiger partial charge in [-0.2, -0.15) is 4.98 Å². The minimum absolute atomic E-state index is 0.151. The Balaban J connectivity index is 1.78. The lowest BCUT2D eigenvalue weighted by Crippen LogP contribution is -2.49. The number of hydrogen-bond donors (Lipinski definition) is 1. The largest absolute Gasteiger partial charge is 0.346 e. The number of carbonyl (C=O) groups excluding carboxylic acids is 1. The average molecular weight is 314 g/mol. The number of aromatic nitrogens is 2. The van der Waals surface area contributed by atoms with E-state index in [1.807, 2.05) is 18.2 Å². The summed E-state index contributed by atoms with van der Waals surface area (Å²) in [5, 5.41) is 0.700. The third kappa shape index (κ3) is 3.42. The van der Waals surface area contributed by atoms with Crippen LogP contribution < -0.4 is 5.69 Å². The Morgan fingerprint density at radius 3 is 2.70 bits per heavy atom. The normalized spacial score (nSPS) is 16.0. The molecule has 0 unspecified atom stereocenters. The SMILES string of the molecule is CCCCN1CCN(C(=O)c2nc(=O)[nH]c3ccccc23)CC1. The molecule has 1 N–H and O–H groups in total. The highest BCUT2D eigenvalue weighted by molar-refractivity contribution is 6.04. The van der Waals surface area contributed by atoms with Crippen LogP contribution in [0.3, 0.4) is 0 Å². The number of nitrogens with zero attached hydrogens (tertiary/aromatic N) is 3. The number of nitrogens with one attached hydrogen (secondary N) is 1. The molecule has 1 amide bonds. The van der Waals surface area contributed by atoms with E-state index in [2.05, 4.69) is 21.8 Å². The van der Waals surface area contributed by atoms with Crippen LogP contribution in [0, 0.1) is 0 Å². The lowest BCUT2D eigenvalue weighted by atomic mass is 10.1. The van der Waals surface area contributed by atoms with Crippen LogP contribution in [0.2, 0.25) is 0 Å². The van der Waals surface area contributed by atoms with Crippen molar-refractivity contribution in [2.24, 2.45) is 0 Å². The molecule has 1 aliphatic rings. The molecule has 6 nitrogen and oxygen atoms in total. The Morgan fingerprint density at radius 1 is 1.22 bits per heavy atom. The summed E-state index contributed by atoms with van der Waals surface area (Å²) < 4.78 is 0. The van der Waals surface area contributed by atoms with Gasteiger partial charge in [-0.25, -0.2) is 4.79 Å². The second-order valence-electron chi connectivity index (χ2n) is 5.92. The zero-order valence-corrected chi connectivity index (χ0v) is 13.4. The first-order chi connectivity index (χ1) is 11.2. The van der Waals surface area contributed by atoms with Crippen LogP contribution in [0.25, 0.3) is 10.9 Å². The quantitative estimate of drug-likeness (QED) is 0.928. The molecule has 2 heterocycles. The van der Waals surface area contributed by atoms with Gasteiger partial charge in [0.2, 0.25) is 0 Å². The van der Waals surface area contributed by atoms with E-state index >= 15 is 0 Å². The molecule has 0 radical (unpaired) electrons. The zero-order valence-electron chi connectivity index (χ0n) is 13.4. The molecular formula is C17H22N4O2. The molecule has 23 heavy (non-hydrogen) atoms. The van der Waals surface area contributed by atoms with E-state index < -0.39 is 5.69 Å². The van der Waals surface area contributed by atoms with Gasteiger partial charge < -0.3 is 9.88 Å². The number of benzene rings is 1. The van der Waals surface area contributed by atoms with Crippen LogP contribution in [0.1, 0.15) is 30.3 Å².